The van der Waals surface area contributed by atoms with Gasteiger partial charge in [-0.2, -0.15) is 0 Å². The molecule has 2 nitrogen and oxygen atoms in total. The highest BCUT2D eigenvalue weighted by atomic mass is 32.2. The lowest BCUT2D eigenvalue weighted by atomic mass is 10.1. The van der Waals surface area contributed by atoms with Gasteiger partial charge in [0.05, 0.1) is 6.61 Å². The van der Waals surface area contributed by atoms with E-state index >= 15 is 0 Å². The number of thioether (sulfide) groups is 1. The fourth-order valence-corrected chi connectivity index (χ4v) is 4.66. The van der Waals surface area contributed by atoms with Gasteiger partial charge in [0.15, 0.2) is 5.78 Å². The van der Waals surface area contributed by atoms with E-state index in [2.05, 4.69) is 13.8 Å². The Morgan fingerprint density at radius 2 is 1.38 bits per heavy atom. The smallest absolute Gasteiger partial charge is 0.185 e. The van der Waals surface area contributed by atoms with Crippen LogP contribution in [0.3, 0.4) is 0 Å². The molecule has 186 valence electrons. The van der Waals surface area contributed by atoms with E-state index in [1.54, 1.807) is 6.08 Å². The zero-order chi connectivity index (χ0) is 24.3. The summed E-state index contributed by atoms with van der Waals surface area (Å²) in [5, 5.41) is 0. The molecular weight excluding hydrogens is 436 g/mol. The van der Waals surface area contributed by atoms with E-state index in [0.29, 0.717) is 0 Å². The molecule has 2 aromatic carbocycles. The largest absolute Gasteiger partial charge is 0.493 e. The first-order valence-corrected chi connectivity index (χ1v) is 14.4. The van der Waals surface area contributed by atoms with Gasteiger partial charge in [-0.05, 0) is 61.1 Å². The van der Waals surface area contributed by atoms with Gasteiger partial charge in [-0.25, -0.2) is 0 Å². The van der Waals surface area contributed by atoms with Crippen LogP contribution < -0.4 is 4.74 Å². The molecule has 0 heterocycles. The van der Waals surface area contributed by atoms with Crippen molar-refractivity contribution in [2.45, 2.75) is 95.8 Å². The summed E-state index contributed by atoms with van der Waals surface area (Å²) in [5.41, 5.74) is 1.67. The highest BCUT2D eigenvalue weighted by Gasteiger charge is 2.04. The minimum absolute atomic E-state index is 0.0206. The van der Waals surface area contributed by atoms with Crippen LogP contribution in [0.4, 0.5) is 0 Å². The van der Waals surface area contributed by atoms with Crippen molar-refractivity contribution in [1.29, 1.82) is 0 Å². The first-order valence-electron chi connectivity index (χ1n) is 13.4. The Kier molecular flexibility index (Phi) is 15.2. The number of benzene rings is 2. The van der Waals surface area contributed by atoms with E-state index in [4.69, 9.17) is 4.74 Å². The topological polar surface area (TPSA) is 26.3 Å². The van der Waals surface area contributed by atoms with Crippen molar-refractivity contribution in [2.24, 2.45) is 0 Å². The van der Waals surface area contributed by atoms with Crippen LogP contribution in [-0.2, 0) is 0 Å². The predicted octanol–water partition coefficient (Wildman–Crippen LogP) is 9.77. The van der Waals surface area contributed by atoms with Crippen molar-refractivity contribution < 1.29 is 9.53 Å². The summed E-state index contributed by atoms with van der Waals surface area (Å²) in [6.45, 7) is 5.18. The molecule has 0 radical (unpaired) electrons. The number of carbonyl (C=O) groups excluding carboxylic acids is 1. The van der Waals surface area contributed by atoms with Crippen LogP contribution in [0.2, 0.25) is 0 Å². The summed E-state index contributed by atoms with van der Waals surface area (Å²) in [5.74, 6) is 1.97. The summed E-state index contributed by atoms with van der Waals surface area (Å²) < 4.78 is 6.05. The Labute approximate surface area is 212 Å². The van der Waals surface area contributed by atoms with Gasteiger partial charge < -0.3 is 4.74 Å². The van der Waals surface area contributed by atoms with Crippen molar-refractivity contribution in [3.05, 3.63) is 65.7 Å². The average Bonchev–Trinajstić information content (AvgIpc) is 2.87. The minimum atomic E-state index is 0.0206. The predicted molar refractivity (Wildman–Crippen MR) is 149 cm³/mol. The quantitative estimate of drug-likeness (QED) is 0.0866. The molecular formula is C31H44O2S. The number of hydrogen-bond acceptors (Lipinski definition) is 3. The Bertz CT molecular complexity index is 826. The van der Waals surface area contributed by atoms with E-state index in [1.807, 2.05) is 66.4 Å². The molecule has 2 rings (SSSR count). The zero-order valence-corrected chi connectivity index (χ0v) is 22.2. The van der Waals surface area contributed by atoms with Crippen molar-refractivity contribution in [2.75, 3.05) is 12.4 Å². The molecule has 0 aliphatic heterocycles. The Balaban J connectivity index is 1.68. The second kappa shape index (κ2) is 18.3. The van der Waals surface area contributed by atoms with Crippen LogP contribution in [0.25, 0.3) is 6.08 Å². The molecule has 0 aliphatic carbocycles. The van der Waals surface area contributed by atoms with Gasteiger partial charge in [0.25, 0.3) is 0 Å². The fourth-order valence-electron chi connectivity index (χ4n) is 3.90. The fraction of sp³-hybridized carbons (Fsp3) is 0.516. The summed E-state index contributed by atoms with van der Waals surface area (Å²) >= 11 is 1.83. The van der Waals surface area contributed by atoms with Gasteiger partial charge in [0.1, 0.15) is 5.75 Å². The molecule has 0 fully saturated rings. The Morgan fingerprint density at radius 3 is 2.03 bits per heavy atom. The molecule has 0 spiro atoms. The number of carbonyl (C=O) groups is 1. The summed E-state index contributed by atoms with van der Waals surface area (Å²) in [6, 6.07) is 15.9. The highest BCUT2D eigenvalue weighted by Crippen LogP contribution is 2.22. The summed E-state index contributed by atoms with van der Waals surface area (Å²) in [7, 11) is 0. The molecule has 0 saturated carbocycles. The van der Waals surface area contributed by atoms with E-state index in [-0.39, 0.29) is 5.78 Å². The van der Waals surface area contributed by atoms with Crippen LogP contribution in [0.1, 0.15) is 107 Å². The standard InChI is InChI=1S/C31H44O2S/c1-3-5-6-7-8-9-10-11-12-13-16-25-33-31-18-15-14-17-28(31)21-24-30(32)27-19-22-29(23-20-27)34-26-4-2/h14-15,17-24H,3-13,16,25-26H2,1-2H3/b24-21+. The molecule has 0 unspecified atom stereocenters. The van der Waals surface area contributed by atoms with Crippen molar-refractivity contribution in [3.63, 3.8) is 0 Å². The number of hydrogen-bond donors (Lipinski definition) is 0. The normalized spacial score (nSPS) is 11.2. The molecule has 0 bridgehead atoms. The van der Waals surface area contributed by atoms with Gasteiger partial charge in [-0.1, -0.05) is 96.3 Å². The summed E-state index contributed by atoms with van der Waals surface area (Å²) in [4.78, 5) is 13.8. The monoisotopic (exact) mass is 480 g/mol. The average molecular weight is 481 g/mol. The van der Waals surface area contributed by atoms with E-state index < -0.39 is 0 Å². The number of ketones is 1. The number of para-hydroxylation sites is 1. The lowest BCUT2D eigenvalue weighted by Gasteiger charge is -2.09. The number of ether oxygens (including phenoxy) is 1. The molecule has 0 aliphatic rings. The first-order chi connectivity index (χ1) is 16.7. The maximum absolute atomic E-state index is 12.6. The van der Waals surface area contributed by atoms with Crippen LogP contribution in [0.5, 0.6) is 5.75 Å². The van der Waals surface area contributed by atoms with Gasteiger partial charge in [0, 0.05) is 16.0 Å². The molecule has 0 amide bonds. The third-order valence-corrected chi connectivity index (χ3v) is 7.17. The lowest BCUT2D eigenvalue weighted by molar-refractivity contribution is 0.104. The highest BCUT2D eigenvalue weighted by molar-refractivity contribution is 7.99. The SMILES string of the molecule is CCCCCCCCCCCCCOc1ccccc1/C=C/C(=O)c1ccc(SCCC)cc1. The van der Waals surface area contributed by atoms with Gasteiger partial charge in [-0.3, -0.25) is 4.79 Å². The second-order valence-electron chi connectivity index (χ2n) is 8.99. The molecule has 0 atom stereocenters. The van der Waals surface area contributed by atoms with E-state index in [0.717, 1.165) is 42.1 Å². The molecule has 3 heteroatoms. The maximum Gasteiger partial charge on any atom is 0.185 e. The van der Waals surface area contributed by atoms with Crippen LogP contribution in [0.15, 0.2) is 59.5 Å². The molecule has 2 aromatic rings. The second-order valence-corrected chi connectivity index (χ2v) is 10.2. The van der Waals surface area contributed by atoms with Crippen LogP contribution in [0, 0.1) is 0 Å². The van der Waals surface area contributed by atoms with Crippen LogP contribution in [-0.4, -0.2) is 18.1 Å². The van der Waals surface area contributed by atoms with Crippen molar-refractivity contribution >= 4 is 23.6 Å². The lowest BCUT2D eigenvalue weighted by Crippen LogP contribution is -1.99. The van der Waals surface area contributed by atoms with Gasteiger partial charge >= 0.3 is 0 Å². The first kappa shape index (κ1) is 28.2. The minimum Gasteiger partial charge on any atom is -0.493 e. The van der Waals surface area contributed by atoms with Crippen molar-refractivity contribution in [3.8, 4) is 5.75 Å². The number of allylic oxidation sites excluding steroid dienone is 1. The molecule has 0 N–H and O–H groups in total. The summed E-state index contributed by atoms with van der Waals surface area (Å²) in [6.07, 6.45) is 19.3. The van der Waals surface area contributed by atoms with Gasteiger partial charge in [0.2, 0.25) is 0 Å². The van der Waals surface area contributed by atoms with Crippen molar-refractivity contribution in [1.82, 2.24) is 0 Å². The molecule has 0 aromatic heterocycles. The number of unbranched alkanes of at least 4 members (excludes halogenated alkanes) is 10. The zero-order valence-electron chi connectivity index (χ0n) is 21.4. The van der Waals surface area contributed by atoms with Gasteiger partial charge in [-0.15, -0.1) is 11.8 Å². The third-order valence-electron chi connectivity index (χ3n) is 5.95. The molecule has 34 heavy (non-hydrogen) atoms. The van der Waals surface area contributed by atoms with Crippen LogP contribution >= 0.6 is 11.8 Å². The number of rotatable bonds is 19. The molecule has 0 saturated heterocycles. The third kappa shape index (κ3) is 11.9. The Hall–Kier alpha value is -2.00. The Morgan fingerprint density at radius 1 is 0.765 bits per heavy atom. The van der Waals surface area contributed by atoms with E-state index in [1.165, 1.54) is 69.1 Å². The maximum atomic E-state index is 12.6. The van der Waals surface area contributed by atoms with E-state index in [9.17, 15) is 4.79 Å².